The summed E-state index contributed by atoms with van der Waals surface area (Å²) in [5.74, 6) is 0.131. The van der Waals surface area contributed by atoms with Crippen LogP contribution < -0.4 is 15.2 Å². The van der Waals surface area contributed by atoms with Gasteiger partial charge in [0.15, 0.2) is 5.75 Å². The fraction of sp³-hybridized carbons (Fsp3) is 0.375. The van der Waals surface area contributed by atoms with E-state index in [1.807, 2.05) is 0 Å². The maximum atomic E-state index is 10.3. The summed E-state index contributed by atoms with van der Waals surface area (Å²) in [6.45, 7) is 1.67. The summed E-state index contributed by atoms with van der Waals surface area (Å²) in [4.78, 5) is 17.8. The number of hydrogen-bond acceptors (Lipinski definition) is 6. The summed E-state index contributed by atoms with van der Waals surface area (Å²) in [5.41, 5.74) is 4.78. The van der Waals surface area contributed by atoms with Crippen LogP contribution >= 0.6 is 0 Å². The SMILES string of the molecule is CC(O)COc1ncc(OC(N)=O)cn1. The number of aliphatic hydroxyl groups is 1. The molecule has 7 nitrogen and oxygen atoms in total. The quantitative estimate of drug-likeness (QED) is 0.710. The maximum Gasteiger partial charge on any atom is 0.410 e. The Bertz CT molecular complexity index is 325. The van der Waals surface area contributed by atoms with Gasteiger partial charge < -0.3 is 20.3 Å². The second-order valence-corrected chi connectivity index (χ2v) is 2.78. The zero-order chi connectivity index (χ0) is 11.3. The van der Waals surface area contributed by atoms with Gasteiger partial charge in [-0.25, -0.2) is 4.79 Å². The van der Waals surface area contributed by atoms with Crippen LogP contribution in [0.4, 0.5) is 4.79 Å². The van der Waals surface area contributed by atoms with E-state index >= 15 is 0 Å². The van der Waals surface area contributed by atoms with Crippen molar-refractivity contribution >= 4 is 6.09 Å². The Morgan fingerprint density at radius 2 is 2.20 bits per heavy atom. The summed E-state index contributed by atoms with van der Waals surface area (Å²) in [6.07, 6.45) is 0.955. The Labute approximate surface area is 85.9 Å². The highest BCUT2D eigenvalue weighted by atomic mass is 16.5. The van der Waals surface area contributed by atoms with Gasteiger partial charge in [-0.15, -0.1) is 0 Å². The van der Waals surface area contributed by atoms with Gasteiger partial charge in [0.25, 0.3) is 0 Å². The van der Waals surface area contributed by atoms with Crippen LogP contribution in [0, 0.1) is 0 Å². The Hall–Kier alpha value is -1.89. The molecule has 3 N–H and O–H groups in total. The molecule has 0 saturated carbocycles. The van der Waals surface area contributed by atoms with Crippen LogP contribution in [0.15, 0.2) is 12.4 Å². The number of amides is 1. The van der Waals surface area contributed by atoms with Crippen molar-refractivity contribution in [3.63, 3.8) is 0 Å². The number of ether oxygens (including phenoxy) is 2. The van der Waals surface area contributed by atoms with Crippen molar-refractivity contribution in [1.82, 2.24) is 9.97 Å². The summed E-state index contributed by atoms with van der Waals surface area (Å²) in [6, 6.07) is 0.0905. The highest BCUT2D eigenvalue weighted by molar-refractivity contribution is 5.67. The molecule has 0 radical (unpaired) electrons. The Kier molecular flexibility index (Phi) is 3.81. The van der Waals surface area contributed by atoms with Crippen LogP contribution in [-0.2, 0) is 0 Å². The molecule has 0 fully saturated rings. The van der Waals surface area contributed by atoms with Crippen LogP contribution in [0.3, 0.4) is 0 Å². The first kappa shape index (κ1) is 11.2. The normalized spacial score (nSPS) is 11.9. The Morgan fingerprint density at radius 1 is 1.60 bits per heavy atom. The second kappa shape index (κ2) is 5.11. The van der Waals surface area contributed by atoms with Crippen molar-refractivity contribution in [2.24, 2.45) is 5.73 Å². The van der Waals surface area contributed by atoms with Crippen molar-refractivity contribution in [3.05, 3.63) is 12.4 Å². The molecule has 1 unspecified atom stereocenters. The number of hydrogen-bond donors (Lipinski definition) is 2. The number of nitrogens with zero attached hydrogens (tertiary/aromatic N) is 2. The van der Waals surface area contributed by atoms with E-state index in [9.17, 15) is 4.79 Å². The van der Waals surface area contributed by atoms with E-state index in [1.54, 1.807) is 6.92 Å². The third-order valence-electron chi connectivity index (χ3n) is 1.28. The first-order chi connectivity index (χ1) is 7.08. The van der Waals surface area contributed by atoms with Gasteiger partial charge in [-0.3, -0.25) is 0 Å². The van der Waals surface area contributed by atoms with E-state index in [0.29, 0.717) is 0 Å². The molecule has 0 saturated heterocycles. The van der Waals surface area contributed by atoms with Crippen LogP contribution in [-0.4, -0.2) is 33.9 Å². The first-order valence-electron chi connectivity index (χ1n) is 4.18. The van der Waals surface area contributed by atoms with Crippen LogP contribution in [0.1, 0.15) is 6.92 Å². The number of aromatic nitrogens is 2. The highest BCUT2D eigenvalue weighted by Crippen LogP contribution is 2.09. The number of nitrogens with two attached hydrogens (primary N) is 1. The van der Waals surface area contributed by atoms with E-state index in [-0.39, 0.29) is 18.4 Å². The number of primary amides is 1. The second-order valence-electron chi connectivity index (χ2n) is 2.78. The van der Waals surface area contributed by atoms with Gasteiger partial charge in [-0.05, 0) is 6.92 Å². The molecule has 1 atom stereocenters. The smallest absolute Gasteiger partial charge is 0.410 e. The van der Waals surface area contributed by atoms with Crippen molar-refractivity contribution < 1.29 is 19.4 Å². The third-order valence-corrected chi connectivity index (χ3v) is 1.28. The van der Waals surface area contributed by atoms with E-state index in [4.69, 9.17) is 15.6 Å². The topological polar surface area (TPSA) is 108 Å². The molecule has 0 aliphatic rings. The average Bonchev–Trinajstić information content (AvgIpc) is 2.16. The van der Waals surface area contributed by atoms with E-state index in [2.05, 4.69) is 14.7 Å². The molecular weight excluding hydrogens is 202 g/mol. The molecule has 82 valence electrons. The minimum absolute atomic E-state index is 0.0905. The van der Waals surface area contributed by atoms with Gasteiger partial charge in [0.05, 0.1) is 18.5 Å². The molecule has 0 aliphatic carbocycles. The van der Waals surface area contributed by atoms with Crippen molar-refractivity contribution in [2.75, 3.05) is 6.61 Å². The molecule has 0 aromatic carbocycles. The third kappa shape index (κ3) is 4.23. The standard InChI is InChI=1S/C8H11N3O4/c1-5(12)4-14-8-10-2-6(3-11-8)15-7(9)13/h2-3,5,12H,4H2,1H3,(H2,9,13). The molecular formula is C8H11N3O4. The average molecular weight is 213 g/mol. The molecule has 1 aromatic heterocycles. The minimum atomic E-state index is -0.934. The number of carbonyl (C=O) groups excluding carboxylic acids is 1. The fourth-order valence-corrected chi connectivity index (χ4v) is 0.743. The van der Waals surface area contributed by atoms with Crippen molar-refractivity contribution in [1.29, 1.82) is 0 Å². The van der Waals surface area contributed by atoms with Crippen LogP contribution in [0.2, 0.25) is 0 Å². The van der Waals surface area contributed by atoms with E-state index in [0.717, 1.165) is 0 Å². The number of aliphatic hydroxyl groups excluding tert-OH is 1. The van der Waals surface area contributed by atoms with E-state index in [1.165, 1.54) is 12.4 Å². The lowest BCUT2D eigenvalue weighted by Crippen LogP contribution is -2.17. The van der Waals surface area contributed by atoms with Crippen LogP contribution in [0.5, 0.6) is 11.8 Å². The maximum absolute atomic E-state index is 10.3. The number of carbonyl (C=O) groups is 1. The lowest BCUT2D eigenvalue weighted by atomic mass is 10.4. The number of rotatable bonds is 4. The summed E-state index contributed by atoms with van der Waals surface area (Å²) in [5, 5.41) is 8.92. The zero-order valence-corrected chi connectivity index (χ0v) is 8.08. The minimum Gasteiger partial charge on any atom is -0.461 e. The van der Waals surface area contributed by atoms with Gasteiger partial charge in [0, 0.05) is 0 Å². The summed E-state index contributed by atoms with van der Waals surface area (Å²) < 4.78 is 9.49. The zero-order valence-electron chi connectivity index (χ0n) is 8.08. The Balaban J connectivity index is 2.52. The molecule has 0 aliphatic heterocycles. The van der Waals surface area contributed by atoms with Crippen molar-refractivity contribution in [3.8, 4) is 11.8 Å². The van der Waals surface area contributed by atoms with Gasteiger partial charge in [0.2, 0.25) is 0 Å². The lowest BCUT2D eigenvalue weighted by molar-refractivity contribution is 0.116. The Morgan fingerprint density at radius 3 is 2.67 bits per heavy atom. The molecule has 1 aromatic rings. The van der Waals surface area contributed by atoms with Gasteiger partial charge >= 0.3 is 12.1 Å². The van der Waals surface area contributed by atoms with Gasteiger partial charge in [0.1, 0.15) is 6.61 Å². The molecule has 1 rings (SSSR count). The molecule has 0 spiro atoms. The monoisotopic (exact) mass is 213 g/mol. The predicted octanol–water partition coefficient (Wildman–Crippen LogP) is -0.306. The van der Waals surface area contributed by atoms with Gasteiger partial charge in [-0.2, -0.15) is 9.97 Å². The molecule has 1 amide bonds. The molecule has 0 bridgehead atoms. The van der Waals surface area contributed by atoms with Crippen molar-refractivity contribution in [2.45, 2.75) is 13.0 Å². The molecule has 15 heavy (non-hydrogen) atoms. The summed E-state index contributed by atoms with van der Waals surface area (Å²) in [7, 11) is 0. The molecule has 1 heterocycles. The first-order valence-corrected chi connectivity index (χ1v) is 4.18. The summed E-state index contributed by atoms with van der Waals surface area (Å²) >= 11 is 0. The van der Waals surface area contributed by atoms with Gasteiger partial charge in [-0.1, -0.05) is 0 Å². The largest absolute Gasteiger partial charge is 0.461 e. The lowest BCUT2D eigenvalue weighted by Gasteiger charge is -2.06. The highest BCUT2D eigenvalue weighted by Gasteiger charge is 2.03. The predicted molar refractivity (Wildman–Crippen MR) is 49.4 cm³/mol. The fourth-order valence-electron chi connectivity index (χ4n) is 0.743. The van der Waals surface area contributed by atoms with E-state index < -0.39 is 12.2 Å². The van der Waals surface area contributed by atoms with Crippen LogP contribution in [0.25, 0.3) is 0 Å². The molecule has 7 heteroatoms.